The van der Waals surface area contributed by atoms with Gasteiger partial charge >= 0.3 is 0 Å². The lowest BCUT2D eigenvalue weighted by molar-refractivity contribution is 0.102. The number of sulfonamides is 1. The van der Waals surface area contributed by atoms with Crippen LogP contribution in [0.5, 0.6) is 0 Å². The Morgan fingerprint density at radius 1 is 1.07 bits per heavy atom. The summed E-state index contributed by atoms with van der Waals surface area (Å²) in [5.41, 5.74) is 2.67. The number of aromatic amines is 1. The fourth-order valence-corrected chi connectivity index (χ4v) is 8.02. The summed E-state index contributed by atoms with van der Waals surface area (Å²) in [5.74, 6) is -2.13. The average Bonchev–Trinajstić information content (AvgIpc) is 3.41. The van der Waals surface area contributed by atoms with Crippen LogP contribution in [-0.2, 0) is 22.0 Å². The maximum Gasteiger partial charge on any atom is 0.258 e. The second kappa shape index (κ2) is 12.3. The van der Waals surface area contributed by atoms with Crippen LogP contribution in [0.1, 0.15) is 48.3 Å². The molecule has 45 heavy (non-hydrogen) atoms. The molecule has 4 N–H and O–H groups in total. The molecule has 242 valence electrons. The van der Waals surface area contributed by atoms with E-state index in [9.17, 15) is 22.0 Å². The minimum Gasteiger partial charge on any atom is -0.380 e. The maximum atomic E-state index is 14.0. The Hall–Kier alpha value is -3.59. The summed E-state index contributed by atoms with van der Waals surface area (Å²) < 4.78 is 56.2. The predicted octanol–water partition coefficient (Wildman–Crippen LogP) is 3.34. The molecule has 1 atom stereocenters. The lowest BCUT2D eigenvalue weighted by Crippen LogP contribution is -2.45. The van der Waals surface area contributed by atoms with Crippen LogP contribution in [0, 0.1) is 11.6 Å². The van der Waals surface area contributed by atoms with Crippen LogP contribution in [0.2, 0.25) is 0 Å². The van der Waals surface area contributed by atoms with Crippen molar-refractivity contribution in [3.05, 3.63) is 64.9 Å². The molecule has 14 heteroatoms. The molecule has 1 aromatic heterocycles. The fraction of sp³-hybridized carbons (Fsp3) is 0.484. The highest BCUT2D eigenvalue weighted by molar-refractivity contribution is 7.89. The topological polar surface area (TPSA) is 126 Å². The van der Waals surface area contributed by atoms with Crippen LogP contribution < -0.4 is 20.9 Å². The third kappa shape index (κ3) is 6.55. The molecule has 0 radical (unpaired) electrons. The molecule has 2 fully saturated rings. The van der Waals surface area contributed by atoms with Gasteiger partial charge in [-0.25, -0.2) is 17.2 Å². The van der Waals surface area contributed by atoms with Gasteiger partial charge in [-0.15, -0.1) is 0 Å². The number of benzene rings is 2. The van der Waals surface area contributed by atoms with Crippen molar-refractivity contribution in [2.24, 2.45) is 0 Å². The van der Waals surface area contributed by atoms with Crippen LogP contribution in [0.4, 0.5) is 26.0 Å². The van der Waals surface area contributed by atoms with E-state index in [1.807, 2.05) is 32.0 Å². The summed E-state index contributed by atoms with van der Waals surface area (Å²) in [5, 5.41) is 17.3. The van der Waals surface area contributed by atoms with Gasteiger partial charge in [0.1, 0.15) is 11.6 Å². The zero-order valence-electron chi connectivity index (χ0n) is 25.8. The van der Waals surface area contributed by atoms with Crippen molar-refractivity contribution in [3.8, 4) is 0 Å². The van der Waals surface area contributed by atoms with Crippen LogP contribution in [0.15, 0.2) is 41.3 Å². The number of nitrogens with zero attached hydrogens (tertiary/aromatic N) is 4. The molecule has 0 saturated carbocycles. The molecule has 3 aromatic rings. The molecule has 1 amide bonds. The Bertz CT molecular complexity index is 1660. The number of amides is 1. The summed E-state index contributed by atoms with van der Waals surface area (Å²) in [6.45, 7) is 9.07. The third-order valence-electron chi connectivity index (χ3n) is 8.93. The molecule has 6 rings (SSSR count). The van der Waals surface area contributed by atoms with E-state index >= 15 is 0 Å². The van der Waals surface area contributed by atoms with Gasteiger partial charge in [0.15, 0.2) is 5.82 Å². The highest BCUT2D eigenvalue weighted by Gasteiger charge is 2.41. The van der Waals surface area contributed by atoms with Gasteiger partial charge in [0.05, 0.1) is 10.5 Å². The molecule has 1 unspecified atom stereocenters. The van der Waals surface area contributed by atoms with E-state index in [0.29, 0.717) is 22.9 Å². The lowest BCUT2D eigenvalue weighted by atomic mass is 9.84. The Morgan fingerprint density at radius 2 is 1.80 bits per heavy atom. The van der Waals surface area contributed by atoms with Gasteiger partial charge in [0, 0.05) is 86.0 Å². The first-order valence-corrected chi connectivity index (χ1v) is 16.7. The van der Waals surface area contributed by atoms with E-state index in [-0.39, 0.29) is 30.9 Å². The number of piperidine rings is 1. The molecule has 3 aliphatic rings. The van der Waals surface area contributed by atoms with Gasteiger partial charge < -0.3 is 25.8 Å². The van der Waals surface area contributed by atoms with Crippen molar-refractivity contribution < 1.29 is 22.0 Å². The van der Waals surface area contributed by atoms with E-state index in [1.54, 1.807) is 0 Å². The average molecular weight is 643 g/mol. The van der Waals surface area contributed by atoms with Gasteiger partial charge in [0.2, 0.25) is 10.0 Å². The number of likely N-dealkylation sites (N-methyl/N-ethyl adjacent to an activating group) is 1. The van der Waals surface area contributed by atoms with Crippen molar-refractivity contribution in [2.45, 2.75) is 49.6 Å². The number of hydrogen-bond donors (Lipinski definition) is 4. The summed E-state index contributed by atoms with van der Waals surface area (Å²) >= 11 is 0. The summed E-state index contributed by atoms with van der Waals surface area (Å²) in [6, 6.07) is 8.22. The first-order chi connectivity index (χ1) is 21.4. The lowest BCUT2D eigenvalue weighted by Gasteiger charge is -2.37. The van der Waals surface area contributed by atoms with Gasteiger partial charge in [-0.05, 0) is 56.8 Å². The number of halogens is 2. The Labute approximate surface area is 262 Å². The molecule has 2 aromatic carbocycles. The quantitative estimate of drug-likeness (QED) is 0.310. The molecule has 0 aliphatic carbocycles. The van der Waals surface area contributed by atoms with Crippen LogP contribution >= 0.6 is 0 Å². The Balaban J connectivity index is 1.28. The molecule has 11 nitrogen and oxygen atoms in total. The molecule has 4 heterocycles. The third-order valence-corrected chi connectivity index (χ3v) is 10.7. The maximum absolute atomic E-state index is 14.0. The van der Waals surface area contributed by atoms with E-state index in [0.717, 1.165) is 75.6 Å². The standard InChI is InChI=1S/C31H40F2N8O3S/c1-31(2)19-41(45(43,44)24-14-20(32)13-21(33)15-24)18-26-28(31)37-38-29(26)36-30(42)25-7-6-23(40-11-9-39(3)10-12-40)16-27(25)35-22-5-4-8-34-17-22/h6-7,13-16,22,34-35H,4-5,8-12,17-19H2,1-3H3,(H2,36,37,38,42). The number of fused-ring (bicyclic) bond motifs is 1. The number of aromatic nitrogens is 2. The number of piperazine rings is 1. The highest BCUT2D eigenvalue weighted by Crippen LogP contribution is 2.38. The first-order valence-electron chi connectivity index (χ1n) is 15.3. The number of H-pyrrole nitrogens is 1. The molecular formula is C31H40F2N8O3S. The first kappa shape index (κ1) is 31.4. The number of rotatable bonds is 7. The molecule has 0 spiro atoms. The highest BCUT2D eigenvalue weighted by atomic mass is 32.2. The smallest absolute Gasteiger partial charge is 0.258 e. The van der Waals surface area contributed by atoms with Crippen molar-refractivity contribution in [1.29, 1.82) is 0 Å². The number of carbonyl (C=O) groups is 1. The summed E-state index contributed by atoms with van der Waals surface area (Å²) in [6.07, 6.45) is 2.02. The second-order valence-electron chi connectivity index (χ2n) is 12.8. The SMILES string of the molecule is CN1CCN(c2ccc(C(=O)Nc3n[nH]c4c3CN(S(=O)(=O)c3cc(F)cc(F)c3)CC4(C)C)c(NC3CCCNC3)c2)CC1. The Kier molecular flexibility index (Phi) is 8.59. The predicted molar refractivity (Wildman–Crippen MR) is 169 cm³/mol. The van der Waals surface area contributed by atoms with Gasteiger partial charge in [-0.1, -0.05) is 13.8 Å². The monoisotopic (exact) mass is 642 g/mol. The van der Waals surface area contributed by atoms with Crippen molar-refractivity contribution in [1.82, 2.24) is 24.7 Å². The zero-order valence-corrected chi connectivity index (χ0v) is 26.6. The minimum absolute atomic E-state index is 0.0489. The van der Waals surface area contributed by atoms with Crippen molar-refractivity contribution >= 4 is 33.1 Å². The molecule has 2 saturated heterocycles. The second-order valence-corrected chi connectivity index (χ2v) is 14.8. The van der Waals surface area contributed by atoms with Crippen molar-refractivity contribution in [3.63, 3.8) is 0 Å². The van der Waals surface area contributed by atoms with Gasteiger partial charge in [0.25, 0.3) is 5.91 Å². The number of carbonyl (C=O) groups excluding carboxylic acids is 1. The van der Waals surface area contributed by atoms with Crippen LogP contribution in [-0.4, -0.2) is 92.6 Å². The van der Waals surface area contributed by atoms with Gasteiger partial charge in [-0.3, -0.25) is 9.89 Å². The molecule has 3 aliphatic heterocycles. The van der Waals surface area contributed by atoms with Gasteiger partial charge in [-0.2, -0.15) is 9.40 Å². The van der Waals surface area contributed by atoms with Crippen LogP contribution in [0.25, 0.3) is 0 Å². The van der Waals surface area contributed by atoms with Crippen molar-refractivity contribution in [2.75, 3.05) is 68.4 Å². The number of hydrogen-bond acceptors (Lipinski definition) is 8. The number of nitrogens with one attached hydrogen (secondary N) is 4. The van der Waals surface area contributed by atoms with E-state index in [2.05, 4.69) is 43.0 Å². The van der Waals surface area contributed by atoms with E-state index < -0.39 is 32.0 Å². The van der Waals surface area contributed by atoms with E-state index in [4.69, 9.17) is 0 Å². The Morgan fingerprint density at radius 3 is 2.49 bits per heavy atom. The normalized spacial score (nSPS) is 20.9. The summed E-state index contributed by atoms with van der Waals surface area (Å²) in [4.78, 5) is 18.0. The largest absolute Gasteiger partial charge is 0.380 e. The van der Waals surface area contributed by atoms with Crippen LogP contribution in [0.3, 0.4) is 0 Å². The van der Waals surface area contributed by atoms with E-state index in [1.165, 1.54) is 4.31 Å². The summed E-state index contributed by atoms with van der Waals surface area (Å²) in [7, 11) is -2.15. The molecule has 0 bridgehead atoms. The zero-order chi connectivity index (χ0) is 31.9. The molecular weight excluding hydrogens is 602 g/mol. The fourth-order valence-electron chi connectivity index (χ4n) is 6.41. The minimum atomic E-state index is -4.26. The number of anilines is 3.